The third kappa shape index (κ3) is 5.22. The van der Waals surface area contributed by atoms with Gasteiger partial charge >= 0.3 is 6.01 Å². The SMILES string of the molecule is C=C(F)C(=O)N1CCN(c2nc(OC[C@@H]3[C@H](O)CC(=O)N3C)nc3c2CCN(c2cccc4cccc(Cl)c24)C3)CC1. The first-order chi connectivity index (χ1) is 20.2. The normalized spacial score (nSPS) is 20.7. The number of carbonyl (C=O) groups is 2. The number of halogens is 2. The highest BCUT2D eigenvalue weighted by molar-refractivity contribution is 6.36. The molecule has 4 heterocycles. The summed E-state index contributed by atoms with van der Waals surface area (Å²) in [6.45, 7) is 5.98. The first-order valence-corrected chi connectivity index (χ1v) is 14.4. The minimum atomic E-state index is -0.968. The first-order valence-electron chi connectivity index (χ1n) is 14.0. The van der Waals surface area contributed by atoms with Crippen molar-refractivity contribution in [3.05, 3.63) is 65.1 Å². The fourth-order valence-corrected chi connectivity index (χ4v) is 6.32. The van der Waals surface area contributed by atoms with E-state index in [1.807, 2.05) is 30.3 Å². The van der Waals surface area contributed by atoms with Gasteiger partial charge in [-0.05, 0) is 23.9 Å². The number of hydrogen-bond donors (Lipinski definition) is 1. The molecular weight excluding hydrogens is 563 g/mol. The minimum Gasteiger partial charge on any atom is -0.461 e. The Labute approximate surface area is 247 Å². The van der Waals surface area contributed by atoms with Crippen LogP contribution in [0.5, 0.6) is 6.01 Å². The van der Waals surface area contributed by atoms with Crippen LogP contribution in [0.3, 0.4) is 0 Å². The second kappa shape index (κ2) is 11.4. The van der Waals surface area contributed by atoms with Crippen LogP contribution in [0.2, 0.25) is 5.02 Å². The van der Waals surface area contributed by atoms with Gasteiger partial charge in [-0.15, -0.1) is 0 Å². The molecule has 0 spiro atoms. The zero-order valence-corrected chi connectivity index (χ0v) is 24.1. The van der Waals surface area contributed by atoms with Crippen molar-refractivity contribution in [1.82, 2.24) is 19.8 Å². The number of fused-ring (bicyclic) bond motifs is 2. The lowest BCUT2D eigenvalue weighted by Gasteiger charge is -2.38. The molecule has 0 aliphatic carbocycles. The number of aliphatic hydroxyl groups is 1. The topological polar surface area (TPSA) is 102 Å². The zero-order valence-electron chi connectivity index (χ0n) is 23.3. The van der Waals surface area contributed by atoms with Crippen LogP contribution >= 0.6 is 11.6 Å². The number of ether oxygens (including phenoxy) is 1. The van der Waals surface area contributed by atoms with E-state index in [0.29, 0.717) is 50.0 Å². The van der Waals surface area contributed by atoms with Crippen LogP contribution in [0, 0.1) is 0 Å². The van der Waals surface area contributed by atoms with Crippen LogP contribution in [-0.2, 0) is 22.6 Å². The smallest absolute Gasteiger partial charge is 0.318 e. The van der Waals surface area contributed by atoms with Crippen LogP contribution < -0.4 is 14.5 Å². The molecule has 0 bridgehead atoms. The van der Waals surface area contributed by atoms with Gasteiger partial charge in [-0.1, -0.05) is 42.4 Å². The summed E-state index contributed by atoms with van der Waals surface area (Å²) in [5, 5.41) is 13.1. The number of rotatable bonds is 6. The van der Waals surface area contributed by atoms with Crippen molar-refractivity contribution in [2.24, 2.45) is 0 Å². The molecule has 2 aromatic carbocycles. The van der Waals surface area contributed by atoms with E-state index in [1.165, 1.54) is 9.80 Å². The predicted molar refractivity (Wildman–Crippen MR) is 157 cm³/mol. The Morgan fingerprint density at radius 2 is 1.86 bits per heavy atom. The number of likely N-dealkylation sites (tertiary alicyclic amines) is 1. The number of aliphatic hydroxyl groups excluding tert-OH is 1. The number of carbonyl (C=O) groups excluding carboxylic acids is 2. The Balaban J connectivity index is 1.31. The van der Waals surface area contributed by atoms with E-state index in [2.05, 4.69) is 22.4 Å². The molecule has 220 valence electrons. The van der Waals surface area contributed by atoms with Gasteiger partial charge in [0.05, 0.1) is 35.8 Å². The summed E-state index contributed by atoms with van der Waals surface area (Å²) in [6, 6.07) is 11.6. The summed E-state index contributed by atoms with van der Waals surface area (Å²) in [4.78, 5) is 41.0. The molecule has 1 aromatic heterocycles. The number of benzene rings is 2. The van der Waals surface area contributed by atoms with Gasteiger partial charge in [0.15, 0.2) is 5.83 Å². The lowest BCUT2D eigenvalue weighted by atomic mass is 10.0. The van der Waals surface area contributed by atoms with Crippen LogP contribution in [0.1, 0.15) is 17.7 Å². The van der Waals surface area contributed by atoms with Crippen molar-refractivity contribution in [3.8, 4) is 6.01 Å². The number of nitrogens with zero attached hydrogens (tertiary/aromatic N) is 6. The number of hydrogen-bond acceptors (Lipinski definition) is 8. The van der Waals surface area contributed by atoms with Gasteiger partial charge in [0.25, 0.3) is 5.91 Å². The van der Waals surface area contributed by atoms with E-state index in [0.717, 1.165) is 34.3 Å². The second-order valence-corrected chi connectivity index (χ2v) is 11.3. The maximum Gasteiger partial charge on any atom is 0.318 e. The molecule has 3 aliphatic rings. The van der Waals surface area contributed by atoms with Gasteiger partial charge in [-0.3, -0.25) is 9.59 Å². The summed E-state index contributed by atoms with van der Waals surface area (Å²) >= 11 is 6.64. The standard InChI is InChI=1S/C30H32ClFN6O4/c1-18(32)29(41)37-13-11-36(12-14-37)28-20-9-10-38(23-8-4-6-19-5-3-7-21(31)27(19)23)16-22(20)33-30(34-28)42-17-24-25(39)15-26(40)35(24)2/h3-8,24-25,39H,1,9-17H2,2H3/t24-,25-/m1/s1. The summed E-state index contributed by atoms with van der Waals surface area (Å²) in [6.07, 6.45) is -0.107. The number of anilines is 2. The van der Waals surface area contributed by atoms with Gasteiger partial charge in [-0.25, -0.2) is 4.39 Å². The largest absolute Gasteiger partial charge is 0.461 e. The Hall–Kier alpha value is -3.96. The van der Waals surface area contributed by atoms with Crippen molar-refractivity contribution >= 4 is 45.7 Å². The maximum absolute atomic E-state index is 13.5. The van der Waals surface area contributed by atoms with E-state index >= 15 is 0 Å². The van der Waals surface area contributed by atoms with Crippen LogP contribution in [0.15, 0.2) is 48.8 Å². The molecule has 10 nitrogen and oxygen atoms in total. The van der Waals surface area contributed by atoms with E-state index in [1.54, 1.807) is 7.05 Å². The number of piperazine rings is 1. The molecule has 0 unspecified atom stereocenters. The van der Waals surface area contributed by atoms with Crippen LogP contribution in [0.4, 0.5) is 15.9 Å². The van der Waals surface area contributed by atoms with Crippen molar-refractivity contribution in [3.63, 3.8) is 0 Å². The first kappa shape index (κ1) is 28.2. The van der Waals surface area contributed by atoms with Gasteiger partial charge < -0.3 is 29.4 Å². The highest BCUT2D eigenvalue weighted by Gasteiger charge is 2.37. The summed E-state index contributed by atoms with van der Waals surface area (Å²) in [5.41, 5.74) is 2.81. The summed E-state index contributed by atoms with van der Waals surface area (Å²) in [5.74, 6) is -1.09. The molecule has 2 saturated heterocycles. The van der Waals surface area contributed by atoms with E-state index in [4.69, 9.17) is 26.3 Å². The predicted octanol–water partition coefficient (Wildman–Crippen LogP) is 2.95. The third-order valence-electron chi connectivity index (χ3n) is 8.40. The van der Waals surface area contributed by atoms with Gasteiger partial charge in [0.2, 0.25) is 5.91 Å². The summed E-state index contributed by atoms with van der Waals surface area (Å²) < 4.78 is 19.5. The zero-order chi connectivity index (χ0) is 29.5. The number of aromatic nitrogens is 2. The van der Waals surface area contributed by atoms with Crippen LogP contribution in [-0.4, -0.2) is 95.2 Å². The molecule has 12 heteroatoms. The molecule has 2 atom stereocenters. The number of amides is 2. The molecule has 2 fully saturated rings. The highest BCUT2D eigenvalue weighted by Crippen LogP contribution is 2.37. The Morgan fingerprint density at radius 3 is 2.55 bits per heavy atom. The van der Waals surface area contributed by atoms with Gasteiger partial charge in [-0.2, -0.15) is 9.97 Å². The fraction of sp³-hybridized carbons (Fsp3) is 0.400. The average molecular weight is 595 g/mol. The van der Waals surface area contributed by atoms with E-state index in [9.17, 15) is 19.1 Å². The van der Waals surface area contributed by atoms with Gasteiger partial charge in [0.1, 0.15) is 12.4 Å². The molecule has 2 amide bonds. The lowest BCUT2D eigenvalue weighted by Crippen LogP contribution is -2.49. The fourth-order valence-electron chi connectivity index (χ4n) is 6.04. The Morgan fingerprint density at radius 1 is 1.12 bits per heavy atom. The van der Waals surface area contributed by atoms with E-state index in [-0.39, 0.29) is 24.9 Å². The van der Waals surface area contributed by atoms with Gasteiger partial charge in [0, 0.05) is 56.4 Å². The minimum absolute atomic E-state index is 0.0468. The monoisotopic (exact) mass is 594 g/mol. The van der Waals surface area contributed by atoms with Crippen molar-refractivity contribution < 1.29 is 23.8 Å². The van der Waals surface area contributed by atoms with Crippen LogP contribution in [0.25, 0.3) is 10.8 Å². The Bertz CT molecular complexity index is 1560. The van der Waals surface area contributed by atoms with Crippen molar-refractivity contribution in [2.45, 2.75) is 31.5 Å². The molecule has 0 saturated carbocycles. The number of likely N-dealkylation sites (N-methyl/N-ethyl adjacent to an activating group) is 1. The highest BCUT2D eigenvalue weighted by atomic mass is 35.5. The Kier molecular flexibility index (Phi) is 7.63. The summed E-state index contributed by atoms with van der Waals surface area (Å²) in [7, 11) is 1.64. The quantitative estimate of drug-likeness (QED) is 0.435. The molecule has 3 aliphatic heterocycles. The lowest BCUT2D eigenvalue weighted by molar-refractivity contribution is -0.129. The maximum atomic E-state index is 13.5. The molecule has 6 rings (SSSR count). The van der Waals surface area contributed by atoms with Crippen molar-refractivity contribution in [1.29, 1.82) is 0 Å². The molecule has 3 aromatic rings. The molecule has 42 heavy (non-hydrogen) atoms. The second-order valence-electron chi connectivity index (χ2n) is 10.9. The molecular formula is C30H32ClFN6O4. The average Bonchev–Trinajstić information content (AvgIpc) is 3.24. The van der Waals surface area contributed by atoms with E-state index < -0.39 is 23.9 Å². The van der Waals surface area contributed by atoms with Crippen molar-refractivity contribution in [2.75, 3.05) is 56.2 Å². The molecule has 0 radical (unpaired) electrons. The third-order valence-corrected chi connectivity index (χ3v) is 8.71. The molecule has 1 N–H and O–H groups in total.